The van der Waals surface area contributed by atoms with E-state index in [1.54, 1.807) is 6.07 Å². The summed E-state index contributed by atoms with van der Waals surface area (Å²) in [5, 5.41) is 8.96. The second-order valence-electron chi connectivity index (χ2n) is 5.89. The Labute approximate surface area is 151 Å². The molecule has 0 fully saturated rings. The van der Waals surface area contributed by atoms with Gasteiger partial charge in [-0.3, -0.25) is 4.79 Å². The first kappa shape index (κ1) is 18.0. The van der Waals surface area contributed by atoms with E-state index in [1.807, 2.05) is 41.8 Å². The van der Waals surface area contributed by atoms with Crippen LogP contribution in [0, 0.1) is 6.92 Å². The number of anilines is 1. The molecule has 0 saturated heterocycles. The summed E-state index contributed by atoms with van der Waals surface area (Å²) in [5.74, 6) is -0.155. The summed E-state index contributed by atoms with van der Waals surface area (Å²) in [6.45, 7) is 2.04. The lowest BCUT2D eigenvalue weighted by Gasteiger charge is -2.12. The van der Waals surface area contributed by atoms with Gasteiger partial charge in [0.1, 0.15) is 17.2 Å². The second-order valence-corrected chi connectivity index (χ2v) is 7.42. The van der Waals surface area contributed by atoms with Crippen LogP contribution in [-0.2, 0) is 21.4 Å². The molecule has 0 bridgehead atoms. The number of aromatic nitrogens is 1. The maximum absolute atomic E-state index is 12.4. The van der Waals surface area contributed by atoms with Gasteiger partial charge >= 0.3 is 0 Å². The molecule has 0 aliphatic carbocycles. The first-order valence-corrected chi connectivity index (χ1v) is 9.40. The van der Waals surface area contributed by atoms with Crippen molar-refractivity contribution in [2.45, 2.75) is 18.4 Å². The third-order valence-corrected chi connectivity index (χ3v) is 5.01. The molecule has 136 valence electrons. The van der Waals surface area contributed by atoms with E-state index < -0.39 is 10.0 Å². The quantitative estimate of drug-likeness (QED) is 0.716. The maximum Gasteiger partial charge on any atom is 0.244 e. The summed E-state index contributed by atoms with van der Waals surface area (Å²) in [7, 11) is -2.62. The molecule has 0 radical (unpaired) electrons. The topological polar surface area (TPSA) is 103 Å². The molecular weight excluding hydrogens is 354 g/mol. The maximum atomic E-state index is 12.4. The molecule has 1 amide bonds. The van der Waals surface area contributed by atoms with E-state index in [-0.39, 0.29) is 23.1 Å². The lowest BCUT2D eigenvalue weighted by molar-refractivity contribution is -0.116. The van der Waals surface area contributed by atoms with Gasteiger partial charge in [-0.15, -0.1) is 0 Å². The molecule has 0 aliphatic heterocycles. The van der Waals surface area contributed by atoms with Crippen molar-refractivity contribution in [1.29, 1.82) is 0 Å². The zero-order valence-electron chi connectivity index (χ0n) is 14.4. The number of ether oxygens (including phenoxy) is 1. The van der Waals surface area contributed by atoms with Crippen molar-refractivity contribution in [3.8, 4) is 5.75 Å². The summed E-state index contributed by atoms with van der Waals surface area (Å²) >= 11 is 0. The molecular formula is C18H19N3O4S. The highest BCUT2D eigenvalue weighted by molar-refractivity contribution is 7.89. The average molecular weight is 373 g/mol. The number of aryl methyl sites for hydroxylation is 1. The Kier molecular flexibility index (Phi) is 4.71. The van der Waals surface area contributed by atoms with Gasteiger partial charge in [0.05, 0.1) is 7.11 Å². The Morgan fingerprint density at radius 2 is 1.92 bits per heavy atom. The van der Waals surface area contributed by atoms with E-state index in [0.29, 0.717) is 5.69 Å². The van der Waals surface area contributed by atoms with Gasteiger partial charge in [0.15, 0.2) is 0 Å². The van der Waals surface area contributed by atoms with Crippen LogP contribution in [0.1, 0.15) is 5.69 Å². The third-order valence-electron chi connectivity index (χ3n) is 4.07. The molecule has 26 heavy (non-hydrogen) atoms. The number of hydrogen-bond acceptors (Lipinski definition) is 4. The number of nitrogens with one attached hydrogen (secondary N) is 1. The van der Waals surface area contributed by atoms with Crippen LogP contribution in [-0.4, -0.2) is 26.0 Å². The van der Waals surface area contributed by atoms with Crippen molar-refractivity contribution >= 4 is 32.5 Å². The number of para-hydroxylation sites is 1. The zero-order valence-corrected chi connectivity index (χ0v) is 15.2. The fourth-order valence-corrected chi connectivity index (χ4v) is 3.60. The van der Waals surface area contributed by atoms with Crippen LogP contribution in [0.5, 0.6) is 5.75 Å². The molecule has 0 atom stereocenters. The van der Waals surface area contributed by atoms with Crippen LogP contribution in [0.15, 0.2) is 53.4 Å². The summed E-state index contributed by atoms with van der Waals surface area (Å²) in [6.07, 6.45) is 0. The normalized spacial score (nSPS) is 11.5. The molecule has 3 aromatic rings. The van der Waals surface area contributed by atoms with Crippen LogP contribution >= 0.6 is 0 Å². The first-order valence-electron chi connectivity index (χ1n) is 7.85. The van der Waals surface area contributed by atoms with Crippen LogP contribution in [0.4, 0.5) is 5.69 Å². The van der Waals surface area contributed by atoms with Crippen molar-refractivity contribution in [2.75, 3.05) is 12.4 Å². The van der Waals surface area contributed by atoms with Gasteiger partial charge in [-0.05, 0) is 42.6 Å². The number of primary sulfonamides is 1. The van der Waals surface area contributed by atoms with E-state index in [1.165, 1.54) is 19.2 Å². The van der Waals surface area contributed by atoms with E-state index in [9.17, 15) is 13.2 Å². The predicted octanol–water partition coefficient (Wildman–Crippen LogP) is 2.24. The molecule has 1 heterocycles. The molecule has 0 spiro atoms. The van der Waals surface area contributed by atoms with E-state index >= 15 is 0 Å². The summed E-state index contributed by atoms with van der Waals surface area (Å²) in [5.41, 5.74) is 2.25. The molecule has 3 N–H and O–H groups in total. The second kappa shape index (κ2) is 6.81. The Balaban J connectivity index is 1.85. The van der Waals surface area contributed by atoms with Crippen LogP contribution in [0.2, 0.25) is 0 Å². The van der Waals surface area contributed by atoms with E-state index in [2.05, 4.69) is 5.32 Å². The Morgan fingerprint density at radius 1 is 1.19 bits per heavy atom. The van der Waals surface area contributed by atoms with E-state index in [0.717, 1.165) is 16.6 Å². The van der Waals surface area contributed by atoms with Gasteiger partial charge in [0, 0.05) is 16.9 Å². The molecule has 7 nitrogen and oxygen atoms in total. The van der Waals surface area contributed by atoms with Gasteiger partial charge in [-0.25, -0.2) is 13.6 Å². The summed E-state index contributed by atoms with van der Waals surface area (Å²) in [6, 6.07) is 14.1. The number of sulfonamides is 1. The smallest absolute Gasteiger partial charge is 0.244 e. The number of carbonyl (C=O) groups is 1. The minimum atomic E-state index is -3.97. The molecule has 1 aromatic heterocycles. The third kappa shape index (κ3) is 3.56. The SMILES string of the molecule is COc1ccc(NC(=O)Cn2c(C)cc3ccccc32)cc1S(N)(=O)=O. The van der Waals surface area contributed by atoms with Gasteiger partial charge < -0.3 is 14.6 Å². The molecule has 0 unspecified atom stereocenters. The Hall–Kier alpha value is -2.84. The predicted molar refractivity (Wildman–Crippen MR) is 99.7 cm³/mol. The highest BCUT2D eigenvalue weighted by atomic mass is 32.2. The summed E-state index contributed by atoms with van der Waals surface area (Å²) < 4.78 is 30.3. The summed E-state index contributed by atoms with van der Waals surface area (Å²) in [4.78, 5) is 12.3. The number of hydrogen-bond donors (Lipinski definition) is 2. The van der Waals surface area contributed by atoms with Crippen molar-refractivity contribution in [3.05, 3.63) is 54.2 Å². The molecule has 0 saturated carbocycles. The number of nitrogens with zero attached hydrogens (tertiary/aromatic N) is 1. The van der Waals surface area contributed by atoms with Gasteiger partial charge in [-0.2, -0.15) is 0 Å². The fourth-order valence-electron chi connectivity index (χ4n) is 2.88. The number of benzene rings is 2. The van der Waals surface area contributed by atoms with Crippen molar-refractivity contribution < 1.29 is 17.9 Å². The van der Waals surface area contributed by atoms with Gasteiger partial charge in [-0.1, -0.05) is 18.2 Å². The van der Waals surface area contributed by atoms with Gasteiger partial charge in [0.2, 0.25) is 15.9 Å². The Morgan fingerprint density at radius 3 is 2.62 bits per heavy atom. The molecule has 0 aliphatic rings. The number of carbonyl (C=O) groups excluding carboxylic acids is 1. The highest BCUT2D eigenvalue weighted by Crippen LogP contribution is 2.26. The average Bonchev–Trinajstić information content (AvgIpc) is 2.90. The van der Waals surface area contributed by atoms with Crippen molar-refractivity contribution in [3.63, 3.8) is 0 Å². The zero-order chi connectivity index (χ0) is 18.9. The van der Waals surface area contributed by atoms with Crippen molar-refractivity contribution in [2.24, 2.45) is 5.14 Å². The monoisotopic (exact) mass is 373 g/mol. The minimum Gasteiger partial charge on any atom is -0.495 e. The number of nitrogens with two attached hydrogens (primary N) is 1. The van der Waals surface area contributed by atoms with Crippen LogP contribution in [0.3, 0.4) is 0 Å². The van der Waals surface area contributed by atoms with Crippen LogP contribution < -0.4 is 15.2 Å². The first-order chi connectivity index (χ1) is 12.3. The van der Waals surface area contributed by atoms with Crippen molar-refractivity contribution in [1.82, 2.24) is 4.57 Å². The molecule has 2 aromatic carbocycles. The van der Waals surface area contributed by atoms with Crippen LogP contribution in [0.25, 0.3) is 10.9 Å². The minimum absolute atomic E-state index is 0.107. The Bertz CT molecular complexity index is 1090. The fraction of sp³-hybridized carbons (Fsp3) is 0.167. The molecule has 3 rings (SSSR count). The number of methoxy groups -OCH3 is 1. The lowest BCUT2D eigenvalue weighted by Crippen LogP contribution is -2.20. The largest absolute Gasteiger partial charge is 0.495 e. The number of rotatable bonds is 5. The number of amides is 1. The van der Waals surface area contributed by atoms with Gasteiger partial charge in [0.25, 0.3) is 0 Å². The van der Waals surface area contributed by atoms with E-state index in [4.69, 9.17) is 9.88 Å². The highest BCUT2D eigenvalue weighted by Gasteiger charge is 2.17. The molecule has 8 heteroatoms. The number of fused-ring (bicyclic) bond motifs is 1. The standard InChI is InChI=1S/C18H19N3O4S/c1-12-9-13-5-3-4-6-15(13)21(12)11-18(22)20-14-7-8-16(25-2)17(10-14)26(19,23)24/h3-10H,11H2,1-2H3,(H,20,22)(H2,19,23,24). The lowest BCUT2D eigenvalue weighted by atomic mass is 10.2.